The molecule has 0 fully saturated rings. The molecule has 0 saturated heterocycles. The van der Waals surface area contributed by atoms with E-state index >= 15 is 0 Å². The van der Waals surface area contributed by atoms with Crippen molar-refractivity contribution in [2.75, 3.05) is 11.5 Å². The van der Waals surface area contributed by atoms with Gasteiger partial charge in [0.2, 0.25) is 5.95 Å². The van der Waals surface area contributed by atoms with Crippen molar-refractivity contribution < 1.29 is 4.42 Å². The monoisotopic (exact) mass is 211 g/mol. The third kappa shape index (κ3) is 1.47. The summed E-state index contributed by atoms with van der Waals surface area (Å²) in [6.07, 6.45) is 1.37. The second-order valence-electron chi connectivity index (χ2n) is 2.53. The average molecular weight is 212 g/mol. The van der Waals surface area contributed by atoms with E-state index < -0.39 is 0 Å². The Morgan fingerprint density at radius 1 is 1.29 bits per heavy atom. The zero-order chi connectivity index (χ0) is 10.1. The molecule has 7 heteroatoms. The predicted octanol–water partition coefficient (Wildman–Crippen LogP) is 0.949. The predicted molar refractivity (Wildman–Crippen MR) is 51.4 cm³/mol. The van der Waals surface area contributed by atoms with Crippen LogP contribution in [0.1, 0.15) is 0 Å². The minimum atomic E-state index is 0.0175. The summed E-state index contributed by atoms with van der Waals surface area (Å²) < 4.78 is 5.08. The quantitative estimate of drug-likeness (QED) is 0.728. The Labute approximate surface area is 83.9 Å². The van der Waals surface area contributed by atoms with Gasteiger partial charge in [-0.15, -0.1) is 10.2 Å². The SMILES string of the molecule is Nc1nnc(-c2cc(Cl)co2)c(N)n1. The van der Waals surface area contributed by atoms with Crippen LogP contribution in [-0.4, -0.2) is 15.2 Å². The van der Waals surface area contributed by atoms with Gasteiger partial charge in [-0.3, -0.25) is 0 Å². The number of anilines is 2. The van der Waals surface area contributed by atoms with Gasteiger partial charge in [-0.25, -0.2) is 0 Å². The highest BCUT2D eigenvalue weighted by molar-refractivity contribution is 6.30. The summed E-state index contributed by atoms with van der Waals surface area (Å²) in [5.41, 5.74) is 11.2. The lowest BCUT2D eigenvalue weighted by Gasteiger charge is -1.98. The molecule has 2 rings (SSSR count). The van der Waals surface area contributed by atoms with Crippen LogP contribution in [0.5, 0.6) is 0 Å². The van der Waals surface area contributed by atoms with Crippen LogP contribution < -0.4 is 11.5 Å². The molecule has 2 aromatic rings. The lowest BCUT2D eigenvalue weighted by Crippen LogP contribution is -2.03. The standard InChI is InChI=1S/C7H6ClN5O/c8-3-1-4(14-2-3)5-6(9)11-7(10)13-12-5/h1-2H,(H4,9,10,11,13). The highest BCUT2D eigenvalue weighted by Gasteiger charge is 2.11. The van der Waals surface area contributed by atoms with Gasteiger partial charge >= 0.3 is 0 Å². The summed E-state index contributed by atoms with van der Waals surface area (Å²) in [6.45, 7) is 0. The van der Waals surface area contributed by atoms with Gasteiger partial charge in [0.15, 0.2) is 17.3 Å². The normalized spacial score (nSPS) is 10.4. The first-order valence-corrected chi connectivity index (χ1v) is 4.04. The molecule has 0 saturated carbocycles. The van der Waals surface area contributed by atoms with Crippen molar-refractivity contribution in [3.63, 3.8) is 0 Å². The molecule has 4 N–H and O–H groups in total. The Morgan fingerprint density at radius 2 is 2.07 bits per heavy atom. The molecule has 0 atom stereocenters. The second-order valence-corrected chi connectivity index (χ2v) is 2.97. The lowest BCUT2D eigenvalue weighted by atomic mass is 10.3. The van der Waals surface area contributed by atoms with Crippen LogP contribution in [0.15, 0.2) is 16.7 Å². The molecular formula is C7H6ClN5O. The summed E-state index contributed by atoms with van der Waals surface area (Å²) in [5, 5.41) is 7.76. The number of hydrogen-bond donors (Lipinski definition) is 2. The van der Waals surface area contributed by atoms with Crippen molar-refractivity contribution in [2.45, 2.75) is 0 Å². The van der Waals surface area contributed by atoms with Gasteiger partial charge in [0.1, 0.15) is 6.26 Å². The first kappa shape index (κ1) is 8.76. The van der Waals surface area contributed by atoms with Crippen LogP contribution in [0, 0.1) is 0 Å². The van der Waals surface area contributed by atoms with Crippen LogP contribution in [0.4, 0.5) is 11.8 Å². The number of hydrogen-bond acceptors (Lipinski definition) is 6. The molecule has 0 aliphatic carbocycles. The van der Waals surface area contributed by atoms with E-state index in [9.17, 15) is 0 Å². The molecule has 0 radical (unpaired) electrons. The molecule has 2 heterocycles. The molecule has 0 aromatic carbocycles. The van der Waals surface area contributed by atoms with E-state index in [1.807, 2.05) is 0 Å². The van der Waals surface area contributed by atoms with Gasteiger partial charge in [0, 0.05) is 6.07 Å². The van der Waals surface area contributed by atoms with E-state index in [4.69, 9.17) is 27.5 Å². The fraction of sp³-hybridized carbons (Fsp3) is 0. The summed E-state index contributed by atoms with van der Waals surface area (Å²) >= 11 is 5.67. The van der Waals surface area contributed by atoms with Gasteiger partial charge in [-0.2, -0.15) is 4.98 Å². The third-order valence-corrected chi connectivity index (χ3v) is 1.73. The van der Waals surface area contributed by atoms with Crippen molar-refractivity contribution in [1.82, 2.24) is 15.2 Å². The zero-order valence-electron chi connectivity index (χ0n) is 6.94. The van der Waals surface area contributed by atoms with E-state index in [0.29, 0.717) is 16.5 Å². The van der Waals surface area contributed by atoms with E-state index in [0.717, 1.165) is 0 Å². The lowest BCUT2D eigenvalue weighted by molar-refractivity contribution is 0.579. The number of furan rings is 1. The maximum absolute atomic E-state index is 5.67. The Bertz CT molecular complexity index is 469. The molecule has 2 aromatic heterocycles. The highest BCUT2D eigenvalue weighted by Crippen LogP contribution is 2.25. The number of nitrogens with zero attached hydrogens (tertiary/aromatic N) is 3. The maximum Gasteiger partial charge on any atom is 0.242 e. The molecule has 0 spiro atoms. The van der Waals surface area contributed by atoms with Crippen molar-refractivity contribution in [3.05, 3.63) is 17.4 Å². The van der Waals surface area contributed by atoms with Crippen LogP contribution >= 0.6 is 11.6 Å². The largest absolute Gasteiger partial charge is 0.461 e. The Kier molecular flexibility index (Phi) is 1.97. The van der Waals surface area contributed by atoms with Crippen molar-refractivity contribution in [1.29, 1.82) is 0 Å². The number of nitrogen functional groups attached to an aromatic ring is 2. The molecule has 0 aliphatic heterocycles. The van der Waals surface area contributed by atoms with E-state index in [-0.39, 0.29) is 11.8 Å². The first-order valence-electron chi connectivity index (χ1n) is 3.67. The fourth-order valence-electron chi connectivity index (χ4n) is 0.964. The van der Waals surface area contributed by atoms with E-state index in [2.05, 4.69) is 15.2 Å². The Morgan fingerprint density at radius 3 is 2.64 bits per heavy atom. The topological polar surface area (TPSA) is 104 Å². The average Bonchev–Trinajstić information content (AvgIpc) is 2.51. The third-order valence-electron chi connectivity index (χ3n) is 1.53. The number of nitrogens with two attached hydrogens (primary N) is 2. The molecule has 0 bridgehead atoms. The summed E-state index contributed by atoms with van der Waals surface area (Å²) in [6, 6.07) is 1.57. The number of rotatable bonds is 1. The molecule has 72 valence electrons. The van der Waals surface area contributed by atoms with Gasteiger partial charge in [0.25, 0.3) is 0 Å². The Hall–Kier alpha value is -1.82. The van der Waals surface area contributed by atoms with Crippen LogP contribution in [0.2, 0.25) is 5.02 Å². The van der Waals surface area contributed by atoms with Crippen LogP contribution in [0.3, 0.4) is 0 Å². The smallest absolute Gasteiger partial charge is 0.242 e. The summed E-state index contributed by atoms with van der Waals surface area (Å²) in [5.74, 6) is 0.583. The number of halogens is 1. The molecule has 0 unspecified atom stereocenters. The fourth-order valence-corrected chi connectivity index (χ4v) is 1.11. The first-order chi connectivity index (χ1) is 6.66. The van der Waals surface area contributed by atoms with Gasteiger partial charge in [0.05, 0.1) is 5.02 Å². The van der Waals surface area contributed by atoms with Crippen molar-refractivity contribution >= 4 is 23.4 Å². The van der Waals surface area contributed by atoms with Crippen LogP contribution in [-0.2, 0) is 0 Å². The van der Waals surface area contributed by atoms with Gasteiger partial charge < -0.3 is 15.9 Å². The van der Waals surface area contributed by atoms with E-state index in [1.54, 1.807) is 6.07 Å². The second kappa shape index (κ2) is 3.15. The highest BCUT2D eigenvalue weighted by atomic mass is 35.5. The van der Waals surface area contributed by atoms with Crippen LogP contribution in [0.25, 0.3) is 11.5 Å². The van der Waals surface area contributed by atoms with E-state index in [1.165, 1.54) is 6.26 Å². The van der Waals surface area contributed by atoms with Crippen molar-refractivity contribution in [3.8, 4) is 11.5 Å². The molecule has 0 aliphatic rings. The summed E-state index contributed by atoms with van der Waals surface area (Å²) in [7, 11) is 0. The number of aromatic nitrogens is 3. The minimum absolute atomic E-state index is 0.0175. The Balaban J connectivity index is 2.52. The molecular weight excluding hydrogens is 206 g/mol. The summed E-state index contributed by atoms with van der Waals surface area (Å²) in [4.78, 5) is 3.74. The molecule has 6 nitrogen and oxygen atoms in total. The zero-order valence-corrected chi connectivity index (χ0v) is 7.69. The van der Waals surface area contributed by atoms with Crippen molar-refractivity contribution in [2.24, 2.45) is 0 Å². The molecule has 14 heavy (non-hydrogen) atoms. The maximum atomic E-state index is 5.67. The van der Waals surface area contributed by atoms with Gasteiger partial charge in [-0.05, 0) is 0 Å². The van der Waals surface area contributed by atoms with Gasteiger partial charge in [-0.1, -0.05) is 11.6 Å². The molecule has 0 amide bonds. The minimum Gasteiger partial charge on any atom is -0.461 e.